The van der Waals surface area contributed by atoms with Crippen molar-refractivity contribution in [1.29, 1.82) is 0 Å². The molecule has 0 saturated carbocycles. The first-order chi connectivity index (χ1) is 8.05. The summed E-state index contributed by atoms with van der Waals surface area (Å²) >= 11 is 2.67. The number of nitrogens with one attached hydrogen (secondary N) is 1. The predicted octanol–water partition coefficient (Wildman–Crippen LogP) is -0.0665. The van der Waals surface area contributed by atoms with Gasteiger partial charge in [-0.2, -0.15) is 0 Å². The van der Waals surface area contributed by atoms with Crippen LogP contribution in [0, 0.1) is 0 Å². The van der Waals surface area contributed by atoms with Gasteiger partial charge in [0.15, 0.2) is 14.2 Å². The second-order valence-corrected chi connectivity index (χ2v) is 7.95. The van der Waals surface area contributed by atoms with Gasteiger partial charge in [0.25, 0.3) is 0 Å². The third-order valence-electron chi connectivity index (χ3n) is 2.26. The highest BCUT2D eigenvalue weighted by Gasteiger charge is 2.28. The standard InChI is InChI=1S/C8H11N3O3S3/c12-7(3-15-8-11-9-5-16-8)10-6-1-2-17(13,14)4-6/h5-6H,1-4H2,(H,10,12)/t6-/m0/s1. The zero-order valence-corrected chi connectivity index (χ0v) is 11.3. The van der Waals surface area contributed by atoms with E-state index in [9.17, 15) is 13.2 Å². The van der Waals surface area contributed by atoms with Gasteiger partial charge in [-0.15, -0.1) is 10.2 Å². The molecule has 0 spiro atoms. The van der Waals surface area contributed by atoms with E-state index in [2.05, 4.69) is 15.5 Å². The third-order valence-corrected chi connectivity index (χ3v) is 5.89. The highest BCUT2D eigenvalue weighted by Crippen LogP contribution is 2.18. The van der Waals surface area contributed by atoms with E-state index in [4.69, 9.17) is 0 Å². The van der Waals surface area contributed by atoms with Crippen LogP contribution in [0.3, 0.4) is 0 Å². The average molecular weight is 293 g/mol. The monoisotopic (exact) mass is 293 g/mol. The normalized spacial score (nSPS) is 22.5. The summed E-state index contributed by atoms with van der Waals surface area (Å²) in [7, 11) is -2.94. The molecule has 1 aromatic rings. The minimum Gasteiger partial charge on any atom is -0.352 e. The lowest BCUT2D eigenvalue weighted by Crippen LogP contribution is -2.36. The molecule has 0 aromatic carbocycles. The van der Waals surface area contributed by atoms with Gasteiger partial charge in [-0.25, -0.2) is 8.42 Å². The number of amides is 1. The molecule has 0 aliphatic carbocycles. The van der Waals surface area contributed by atoms with E-state index in [0.717, 1.165) is 4.34 Å². The Morgan fingerprint density at radius 1 is 1.65 bits per heavy atom. The largest absolute Gasteiger partial charge is 0.352 e. The minimum atomic E-state index is -2.94. The Hall–Kier alpha value is -0.670. The molecule has 94 valence electrons. The Morgan fingerprint density at radius 3 is 3.06 bits per heavy atom. The molecule has 1 aromatic heterocycles. The van der Waals surface area contributed by atoms with Crippen LogP contribution in [0.2, 0.25) is 0 Å². The summed E-state index contributed by atoms with van der Waals surface area (Å²) in [4.78, 5) is 11.5. The van der Waals surface area contributed by atoms with E-state index in [1.54, 1.807) is 5.51 Å². The fraction of sp³-hybridized carbons (Fsp3) is 0.625. The number of nitrogens with zero attached hydrogens (tertiary/aromatic N) is 2. The van der Waals surface area contributed by atoms with Gasteiger partial charge in [-0.1, -0.05) is 23.1 Å². The van der Waals surface area contributed by atoms with Gasteiger partial charge in [-0.3, -0.25) is 4.79 Å². The van der Waals surface area contributed by atoms with Crippen LogP contribution < -0.4 is 5.32 Å². The average Bonchev–Trinajstić information content (AvgIpc) is 2.85. The maximum atomic E-state index is 11.5. The van der Waals surface area contributed by atoms with Crippen LogP contribution in [-0.2, 0) is 14.6 Å². The van der Waals surface area contributed by atoms with E-state index in [1.807, 2.05) is 0 Å². The molecule has 1 saturated heterocycles. The molecule has 1 fully saturated rings. The van der Waals surface area contributed by atoms with Gasteiger partial charge >= 0.3 is 0 Å². The zero-order chi connectivity index (χ0) is 12.3. The van der Waals surface area contributed by atoms with Crippen molar-refractivity contribution in [2.75, 3.05) is 17.3 Å². The topological polar surface area (TPSA) is 89.0 Å². The van der Waals surface area contributed by atoms with Crippen molar-refractivity contribution >= 4 is 38.8 Å². The summed E-state index contributed by atoms with van der Waals surface area (Å²) in [6.07, 6.45) is 0.511. The Balaban J connectivity index is 1.75. The number of hydrogen-bond donors (Lipinski definition) is 1. The first-order valence-corrected chi connectivity index (χ1v) is 8.62. The molecule has 2 heterocycles. The maximum Gasteiger partial charge on any atom is 0.230 e. The Labute approximate surface area is 107 Å². The second kappa shape index (κ2) is 5.32. The highest BCUT2D eigenvalue weighted by molar-refractivity contribution is 8.01. The van der Waals surface area contributed by atoms with Crippen LogP contribution in [0.15, 0.2) is 9.85 Å². The number of hydrogen-bond acceptors (Lipinski definition) is 7. The molecular weight excluding hydrogens is 282 g/mol. The molecule has 1 amide bonds. The van der Waals surface area contributed by atoms with Crippen LogP contribution in [0.4, 0.5) is 0 Å². The number of rotatable bonds is 4. The van der Waals surface area contributed by atoms with Gasteiger partial charge in [0.05, 0.1) is 17.3 Å². The van der Waals surface area contributed by atoms with Crippen LogP contribution in [0.1, 0.15) is 6.42 Å². The number of sulfone groups is 1. The molecular formula is C8H11N3O3S3. The highest BCUT2D eigenvalue weighted by atomic mass is 32.2. The van der Waals surface area contributed by atoms with Gasteiger partial charge in [0.1, 0.15) is 5.51 Å². The zero-order valence-electron chi connectivity index (χ0n) is 8.83. The predicted molar refractivity (Wildman–Crippen MR) is 65.8 cm³/mol. The summed E-state index contributed by atoms with van der Waals surface area (Å²) < 4.78 is 23.1. The lowest BCUT2D eigenvalue weighted by atomic mass is 10.3. The number of carbonyl (C=O) groups excluding carboxylic acids is 1. The Bertz CT molecular complexity index is 485. The summed E-state index contributed by atoms with van der Waals surface area (Å²) in [6, 6.07) is -0.234. The Morgan fingerprint density at radius 2 is 2.47 bits per heavy atom. The summed E-state index contributed by atoms with van der Waals surface area (Å²) in [6.45, 7) is 0. The molecule has 1 N–H and O–H groups in total. The molecule has 9 heteroatoms. The van der Waals surface area contributed by atoms with Crippen molar-refractivity contribution in [1.82, 2.24) is 15.5 Å². The smallest absolute Gasteiger partial charge is 0.230 e. The quantitative estimate of drug-likeness (QED) is 0.782. The van der Waals surface area contributed by atoms with Gasteiger partial charge < -0.3 is 5.32 Å². The van der Waals surface area contributed by atoms with Crippen molar-refractivity contribution in [2.45, 2.75) is 16.8 Å². The molecule has 0 bridgehead atoms. The van der Waals surface area contributed by atoms with Crippen molar-refractivity contribution in [2.24, 2.45) is 0 Å². The van der Waals surface area contributed by atoms with Crippen molar-refractivity contribution < 1.29 is 13.2 Å². The van der Waals surface area contributed by atoms with Gasteiger partial charge in [-0.05, 0) is 6.42 Å². The van der Waals surface area contributed by atoms with Gasteiger partial charge in [0.2, 0.25) is 5.91 Å². The fourth-order valence-corrected chi connectivity index (χ4v) is 4.50. The summed E-state index contributed by atoms with van der Waals surface area (Å²) in [5, 5.41) is 10.2. The lowest BCUT2D eigenvalue weighted by Gasteiger charge is -2.09. The van der Waals surface area contributed by atoms with Crippen molar-refractivity contribution in [3.8, 4) is 0 Å². The molecule has 1 aliphatic rings. The van der Waals surface area contributed by atoms with E-state index in [0.29, 0.717) is 6.42 Å². The van der Waals surface area contributed by atoms with Crippen LogP contribution in [0.25, 0.3) is 0 Å². The molecule has 1 aliphatic heterocycles. The van der Waals surface area contributed by atoms with Crippen molar-refractivity contribution in [3.05, 3.63) is 5.51 Å². The number of thioether (sulfide) groups is 1. The molecule has 6 nitrogen and oxygen atoms in total. The number of aromatic nitrogens is 2. The second-order valence-electron chi connectivity index (χ2n) is 3.66. The molecule has 0 unspecified atom stereocenters. The molecule has 2 rings (SSSR count). The molecule has 0 radical (unpaired) electrons. The van der Waals surface area contributed by atoms with Gasteiger partial charge in [0, 0.05) is 6.04 Å². The fourth-order valence-electron chi connectivity index (χ4n) is 1.53. The van der Waals surface area contributed by atoms with E-state index < -0.39 is 9.84 Å². The first kappa shape index (κ1) is 12.8. The van der Waals surface area contributed by atoms with Crippen LogP contribution in [0.5, 0.6) is 0 Å². The third kappa shape index (κ3) is 3.93. The lowest BCUT2D eigenvalue weighted by molar-refractivity contribution is -0.119. The molecule has 1 atom stereocenters. The van der Waals surface area contributed by atoms with E-state index in [-0.39, 0.29) is 29.2 Å². The van der Waals surface area contributed by atoms with Crippen LogP contribution >= 0.6 is 23.1 Å². The van der Waals surface area contributed by atoms with E-state index >= 15 is 0 Å². The number of carbonyl (C=O) groups is 1. The SMILES string of the molecule is O=C(CSc1nncs1)N[C@H]1CCS(=O)(=O)C1. The Kier molecular flexibility index (Phi) is 4.00. The molecule has 17 heavy (non-hydrogen) atoms. The summed E-state index contributed by atoms with van der Waals surface area (Å²) in [5.74, 6) is 0.308. The van der Waals surface area contributed by atoms with E-state index in [1.165, 1.54) is 23.1 Å². The first-order valence-electron chi connectivity index (χ1n) is 4.94. The van der Waals surface area contributed by atoms with Crippen LogP contribution in [-0.4, -0.2) is 47.8 Å². The minimum absolute atomic E-state index is 0.0578. The summed E-state index contributed by atoms with van der Waals surface area (Å²) in [5.41, 5.74) is 1.60. The van der Waals surface area contributed by atoms with Crippen molar-refractivity contribution in [3.63, 3.8) is 0 Å². The maximum absolute atomic E-state index is 11.5.